The van der Waals surface area contributed by atoms with Crippen LogP contribution in [0.25, 0.3) is 0 Å². The van der Waals surface area contributed by atoms with Crippen molar-refractivity contribution in [2.45, 2.75) is 32.2 Å². The number of nitrogens with one attached hydrogen (secondary N) is 1. The minimum absolute atomic E-state index is 0.292. The Morgan fingerprint density at radius 2 is 2.03 bits per heavy atom. The number of hydrogen-bond acceptors (Lipinski definition) is 5. The maximum Gasteiger partial charge on any atom is 0.330 e. The molecule has 0 spiro atoms. The molecule has 1 atom stereocenters. The van der Waals surface area contributed by atoms with E-state index in [4.69, 9.17) is 14.2 Å². The molecule has 3 rings (SSSR count). The first-order valence-corrected chi connectivity index (χ1v) is 9.63. The van der Waals surface area contributed by atoms with Crippen molar-refractivity contribution in [3.05, 3.63) is 53.1 Å². The van der Waals surface area contributed by atoms with E-state index in [1.54, 1.807) is 36.4 Å². The molecule has 0 aliphatic carbocycles. The third-order valence-electron chi connectivity index (χ3n) is 4.75. The van der Waals surface area contributed by atoms with Crippen LogP contribution in [0.15, 0.2) is 36.4 Å². The Morgan fingerprint density at radius 1 is 1.21 bits per heavy atom. The quantitative estimate of drug-likeness (QED) is 0.628. The Labute approximate surface area is 169 Å². The molecule has 2 aromatic carbocycles. The van der Waals surface area contributed by atoms with E-state index < -0.39 is 17.9 Å². The van der Waals surface area contributed by atoms with E-state index in [9.17, 15) is 14.7 Å². The topological polar surface area (TPSA) is 94.1 Å². The van der Waals surface area contributed by atoms with Crippen molar-refractivity contribution in [2.75, 3.05) is 20.3 Å². The van der Waals surface area contributed by atoms with Gasteiger partial charge in [0.2, 0.25) is 0 Å². The molecular formula is C22H25NO6. The molecule has 29 heavy (non-hydrogen) atoms. The van der Waals surface area contributed by atoms with Gasteiger partial charge in [0, 0.05) is 12.0 Å². The van der Waals surface area contributed by atoms with Crippen LogP contribution in [0.3, 0.4) is 0 Å². The fourth-order valence-corrected chi connectivity index (χ4v) is 3.14. The number of aliphatic carboxylic acids is 1. The van der Waals surface area contributed by atoms with Gasteiger partial charge < -0.3 is 24.6 Å². The van der Waals surface area contributed by atoms with Crippen molar-refractivity contribution in [3.63, 3.8) is 0 Å². The van der Waals surface area contributed by atoms with Crippen molar-refractivity contribution in [2.24, 2.45) is 0 Å². The van der Waals surface area contributed by atoms with E-state index in [0.29, 0.717) is 35.8 Å². The van der Waals surface area contributed by atoms with Crippen LogP contribution in [0.1, 0.15) is 47.3 Å². The fraction of sp³-hybridized carbons (Fsp3) is 0.364. The van der Waals surface area contributed by atoms with Gasteiger partial charge in [0.15, 0.2) is 17.5 Å². The van der Waals surface area contributed by atoms with Gasteiger partial charge in [0.25, 0.3) is 5.91 Å². The van der Waals surface area contributed by atoms with Crippen LogP contribution < -0.4 is 19.5 Å². The van der Waals surface area contributed by atoms with Crippen LogP contribution in [0.4, 0.5) is 0 Å². The number of benzene rings is 2. The number of hydrogen-bond donors (Lipinski definition) is 2. The first-order valence-electron chi connectivity index (χ1n) is 9.63. The predicted molar refractivity (Wildman–Crippen MR) is 107 cm³/mol. The Morgan fingerprint density at radius 3 is 2.76 bits per heavy atom. The van der Waals surface area contributed by atoms with Crippen LogP contribution in [-0.2, 0) is 11.2 Å². The Hall–Kier alpha value is -3.22. The molecule has 1 aliphatic heterocycles. The number of unbranched alkanes of at least 4 members (excludes halogenated alkanes) is 1. The second-order valence-electron chi connectivity index (χ2n) is 6.78. The van der Waals surface area contributed by atoms with Crippen molar-refractivity contribution in [1.29, 1.82) is 0 Å². The fourth-order valence-electron chi connectivity index (χ4n) is 3.14. The lowest BCUT2D eigenvalue weighted by Gasteiger charge is -2.17. The summed E-state index contributed by atoms with van der Waals surface area (Å²) in [6, 6.07) is 8.80. The molecule has 1 aliphatic rings. The molecule has 0 bridgehead atoms. The maximum absolute atomic E-state index is 12.7. The third kappa shape index (κ3) is 4.80. The summed E-state index contributed by atoms with van der Waals surface area (Å²) >= 11 is 0. The van der Waals surface area contributed by atoms with Gasteiger partial charge in [-0.2, -0.15) is 0 Å². The van der Waals surface area contributed by atoms with Gasteiger partial charge in [-0.3, -0.25) is 4.79 Å². The molecule has 0 fully saturated rings. The normalized spacial score (nSPS) is 13.2. The Bertz CT molecular complexity index is 895. The highest BCUT2D eigenvalue weighted by Crippen LogP contribution is 2.30. The molecular weight excluding hydrogens is 374 g/mol. The summed E-state index contributed by atoms with van der Waals surface area (Å²) in [5.41, 5.74) is 1.74. The van der Waals surface area contributed by atoms with Crippen molar-refractivity contribution >= 4 is 11.9 Å². The molecule has 1 heterocycles. The third-order valence-corrected chi connectivity index (χ3v) is 4.75. The minimum atomic E-state index is -1.17. The lowest BCUT2D eigenvalue weighted by molar-refractivity contribution is -0.139. The number of ether oxygens (including phenoxy) is 3. The lowest BCUT2D eigenvalue weighted by Crippen LogP contribution is -2.33. The van der Waals surface area contributed by atoms with E-state index in [2.05, 4.69) is 12.2 Å². The summed E-state index contributed by atoms with van der Waals surface area (Å²) < 4.78 is 16.4. The monoisotopic (exact) mass is 399 g/mol. The lowest BCUT2D eigenvalue weighted by atomic mass is 10.0. The predicted octanol–water partition coefficient (Wildman–Crippen LogP) is 3.36. The number of carbonyl (C=O) groups is 2. The molecule has 0 radical (unpaired) electrons. The standard InChI is InChI=1S/C22H25NO6/c1-3-4-10-28-18-8-6-16(13-19(18)27-2)21(24)23-20(22(25)26)15-5-7-17-14(12-15)9-11-29-17/h5-8,12-13,20H,3-4,9-11H2,1-2H3,(H,23,24)(H,25,26). The number of carbonyl (C=O) groups excluding carboxylic acids is 1. The molecule has 2 aromatic rings. The molecule has 2 N–H and O–H groups in total. The van der Waals surface area contributed by atoms with E-state index in [0.717, 1.165) is 30.6 Å². The number of carboxylic acid groups (broad SMARTS) is 1. The van der Waals surface area contributed by atoms with Gasteiger partial charge in [0.1, 0.15) is 5.75 Å². The van der Waals surface area contributed by atoms with Crippen molar-refractivity contribution in [3.8, 4) is 17.2 Å². The highest BCUT2D eigenvalue weighted by molar-refractivity contribution is 5.97. The van der Waals surface area contributed by atoms with Gasteiger partial charge >= 0.3 is 5.97 Å². The summed E-state index contributed by atoms with van der Waals surface area (Å²) in [5.74, 6) is 0.0880. The zero-order valence-corrected chi connectivity index (χ0v) is 16.6. The van der Waals surface area contributed by atoms with E-state index in [1.807, 2.05) is 0 Å². The van der Waals surface area contributed by atoms with Gasteiger partial charge in [-0.15, -0.1) is 0 Å². The number of amides is 1. The van der Waals surface area contributed by atoms with E-state index >= 15 is 0 Å². The average molecular weight is 399 g/mol. The highest BCUT2D eigenvalue weighted by atomic mass is 16.5. The first kappa shape index (κ1) is 20.5. The maximum atomic E-state index is 12.7. The van der Waals surface area contributed by atoms with Gasteiger partial charge in [-0.1, -0.05) is 19.4 Å². The molecule has 7 nitrogen and oxygen atoms in total. The number of rotatable bonds is 9. The largest absolute Gasteiger partial charge is 0.493 e. The van der Waals surface area contributed by atoms with Crippen LogP contribution in [0, 0.1) is 0 Å². The summed E-state index contributed by atoms with van der Waals surface area (Å²) in [5, 5.41) is 12.2. The van der Waals surface area contributed by atoms with Gasteiger partial charge in [0.05, 0.1) is 20.3 Å². The molecule has 154 valence electrons. The van der Waals surface area contributed by atoms with Crippen molar-refractivity contribution in [1.82, 2.24) is 5.32 Å². The van der Waals surface area contributed by atoms with Crippen LogP contribution in [0.2, 0.25) is 0 Å². The zero-order valence-electron chi connectivity index (χ0n) is 16.6. The van der Waals surface area contributed by atoms with Gasteiger partial charge in [-0.25, -0.2) is 4.79 Å². The van der Waals surface area contributed by atoms with E-state index in [1.165, 1.54) is 7.11 Å². The first-order chi connectivity index (χ1) is 14.0. The van der Waals surface area contributed by atoms with Crippen molar-refractivity contribution < 1.29 is 28.9 Å². The Balaban J connectivity index is 1.77. The summed E-state index contributed by atoms with van der Waals surface area (Å²) in [6.07, 6.45) is 2.64. The molecule has 0 aromatic heterocycles. The average Bonchev–Trinajstić information content (AvgIpc) is 3.19. The molecule has 1 amide bonds. The summed E-state index contributed by atoms with van der Waals surface area (Å²) in [7, 11) is 1.50. The Kier molecular flexibility index (Phi) is 6.59. The van der Waals surface area contributed by atoms with E-state index in [-0.39, 0.29) is 0 Å². The summed E-state index contributed by atoms with van der Waals surface area (Å²) in [6.45, 7) is 3.21. The second kappa shape index (κ2) is 9.32. The SMILES string of the molecule is CCCCOc1ccc(C(=O)NC(C(=O)O)c2ccc3c(c2)CCO3)cc1OC. The van der Waals surface area contributed by atoms with Crippen LogP contribution >= 0.6 is 0 Å². The summed E-state index contributed by atoms with van der Waals surface area (Å²) in [4.78, 5) is 24.5. The van der Waals surface area contributed by atoms with Crippen LogP contribution in [0.5, 0.6) is 17.2 Å². The molecule has 7 heteroatoms. The highest BCUT2D eigenvalue weighted by Gasteiger charge is 2.25. The van der Waals surface area contributed by atoms with Crippen LogP contribution in [-0.4, -0.2) is 37.3 Å². The molecule has 0 saturated carbocycles. The minimum Gasteiger partial charge on any atom is -0.493 e. The van der Waals surface area contributed by atoms with Gasteiger partial charge in [-0.05, 0) is 47.9 Å². The number of fused-ring (bicyclic) bond motifs is 1. The molecule has 0 saturated heterocycles. The number of carboxylic acids is 1. The molecule has 1 unspecified atom stereocenters. The second-order valence-corrected chi connectivity index (χ2v) is 6.78. The smallest absolute Gasteiger partial charge is 0.330 e. The number of methoxy groups -OCH3 is 1. The zero-order chi connectivity index (χ0) is 20.8.